The summed E-state index contributed by atoms with van der Waals surface area (Å²) in [7, 11) is 0. The first kappa shape index (κ1) is 17.2. The van der Waals surface area contributed by atoms with Gasteiger partial charge in [0, 0.05) is 25.3 Å². The van der Waals surface area contributed by atoms with Gasteiger partial charge in [-0.3, -0.25) is 9.69 Å². The lowest BCUT2D eigenvalue weighted by atomic mass is 9.90. The van der Waals surface area contributed by atoms with Crippen molar-refractivity contribution in [2.75, 3.05) is 24.5 Å². The smallest absolute Gasteiger partial charge is 0.380 e. The molecule has 1 N–H and O–H groups in total. The Morgan fingerprint density at radius 1 is 1.12 bits per heavy atom. The van der Waals surface area contributed by atoms with Crippen molar-refractivity contribution in [3.8, 4) is 0 Å². The molecule has 0 saturated carbocycles. The van der Waals surface area contributed by atoms with Gasteiger partial charge in [0.15, 0.2) is 5.60 Å². The van der Waals surface area contributed by atoms with Crippen molar-refractivity contribution in [2.45, 2.75) is 44.0 Å². The molecule has 1 aromatic rings. The molecule has 1 aromatic carbocycles. The summed E-state index contributed by atoms with van der Waals surface area (Å²) in [5, 5.41) is 9.74. The maximum Gasteiger partial charge on any atom is 0.417 e. The molecule has 1 atom stereocenters. The van der Waals surface area contributed by atoms with Crippen LogP contribution in [0.4, 0.5) is 18.9 Å². The second-order valence-electron chi connectivity index (χ2n) is 6.70. The average Bonchev–Trinajstić information content (AvgIpc) is 2.90. The first-order chi connectivity index (χ1) is 11.2. The number of carbonyl (C=O) groups is 1. The standard InChI is InChI=1S/C17H21F3N2O2/c1-12-2-4-13(5-3-12)22-9-6-14(15(22)23)21-10-7-16(24,8-11-21)17(18,19)20/h2-5,14,24H,6-11H2,1H3. The molecule has 0 aromatic heterocycles. The van der Waals surface area contributed by atoms with Crippen LogP contribution in [-0.4, -0.2) is 53.4 Å². The van der Waals surface area contributed by atoms with Crippen molar-refractivity contribution >= 4 is 11.6 Å². The van der Waals surface area contributed by atoms with E-state index in [0.717, 1.165) is 11.3 Å². The number of nitrogens with zero attached hydrogens (tertiary/aromatic N) is 2. The van der Waals surface area contributed by atoms with E-state index >= 15 is 0 Å². The molecule has 2 saturated heterocycles. The number of aliphatic hydroxyl groups is 1. The number of halogens is 3. The van der Waals surface area contributed by atoms with Crippen LogP contribution in [0, 0.1) is 6.92 Å². The molecular weight excluding hydrogens is 321 g/mol. The molecule has 2 heterocycles. The number of rotatable bonds is 2. The minimum absolute atomic E-state index is 0.0729. The first-order valence-corrected chi connectivity index (χ1v) is 8.12. The molecule has 0 spiro atoms. The van der Waals surface area contributed by atoms with Crippen LogP contribution in [-0.2, 0) is 4.79 Å². The number of hydrogen-bond acceptors (Lipinski definition) is 3. The molecule has 7 heteroatoms. The Kier molecular flexibility index (Phi) is 4.34. The number of anilines is 1. The number of hydrogen-bond donors (Lipinski definition) is 1. The second-order valence-corrected chi connectivity index (χ2v) is 6.70. The Morgan fingerprint density at radius 2 is 1.71 bits per heavy atom. The van der Waals surface area contributed by atoms with Gasteiger partial charge in [-0.25, -0.2) is 0 Å². The van der Waals surface area contributed by atoms with Gasteiger partial charge >= 0.3 is 6.18 Å². The fourth-order valence-electron chi connectivity index (χ4n) is 3.47. The van der Waals surface area contributed by atoms with Gasteiger partial charge in [-0.1, -0.05) is 17.7 Å². The fourth-order valence-corrected chi connectivity index (χ4v) is 3.47. The van der Waals surface area contributed by atoms with E-state index in [-0.39, 0.29) is 31.8 Å². The molecule has 0 aliphatic carbocycles. The number of aryl methyl sites for hydroxylation is 1. The van der Waals surface area contributed by atoms with E-state index < -0.39 is 17.8 Å². The molecule has 1 amide bonds. The normalized spacial score (nSPS) is 25.3. The topological polar surface area (TPSA) is 43.8 Å². The molecule has 4 nitrogen and oxygen atoms in total. The highest BCUT2D eigenvalue weighted by atomic mass is 19.4. The van der Waals surface area contributed by atoms with Crippen LogP contribution >= 0.6 is 0 Å². The summed E-state index contributed by atoms with van der Waals surface area (Å²) in [6.07, 6.45) is -4.79. The van der Waals surface area contributed by atoms with Crippen molar-refractivity contribution in [1.82, 2.24) is 4.90 Å². The Morgan fingerprint density at radius 3 is 2.25 bits per heavy atom. The van der Waals surface area contributed by atoms with Crippen LogP contribution in [0.5, 0.6) is 0 Å². The maximum absolute atomic E-state index is 12.9. The molecule has 0 radical (unpaired) electrons. The molecule has 132 valence electrons. The number of amides is 1. The largest absolute Gasteiger partial charge is 0.417 e. The molecular formula is C17H21F3N2O2. The third kappa shape index (κ3) is 3.02. The van der Waals surface area contributed by atoms with Crippen molar-refractivity contribution in [2.24, 2.45) is 0 Å². The predicted octanol–water partition coefficient (Wildman–Crippen LogP) is 2.49. The van der Waals surface area contributed by atoms with E-state index in [0.29, 0.717) is 13.0 Å². The van der Waals surface area contributed by atoms with E-state index in [2.05, 4.69) is 0 Å². The van der Waals surface area contributed by atoms with Crippen LogP contribution in [0.15, 0.2) is 24.3 Å². The second kappa shape index (κ2) is 6.04. The summed E-state index contributed by atoms with van der Waals surface area (Å²) < 4.78 is 38.6. The molecule has 3 rings (SSSR count). The molecule has 0 bridgehead atoms. The quantitative estimate of drug-likeness (QED) is 0.898. The zero-order valence-corrected chi connectivity index (χ0v) is 13.5. The summed E-state index contributed by atoms with van der Waals surface area (Å²) in [4.78, 5) is 16.1. The van der Waals surface area contributed by atoms with E-state index in [9.17, 15) is 23.1 Å². The van der Waals surface area contributed by atoms with Crippen molar-refractivity contribution < 1.29 is 23.1 Å². The van der Waals surface area contributed by atoms with Crippen molar-refractivity contribution in [1.29, 1.82) is 0 Å². The van der Waals surface area contributed by atoms with Gasteiger partial charge in [-0.15, -0.1) is 0 Å². The first-order valence-electron chi connectivity index (χ1n) is 8.12. The molecule has 2 aliphatic heterocycles. The highest BCUT2D eigenvalue weighted by Crippen LogP contribution is 2.39. The predicted molar refractivity (Wildman–Crippen MR) is 83.7 cm³/mol. The Labute approximate surface area is 138 Å². The van der Waals surface area contributed by atoms with Crippen LogP contribution < -0.4 is 4.90 Å². The number of carbonyl (C=O) groups excluding carboxylic acids is 1. The van der Waals surface area contributed by atoms with Gasteiger partial charge < -0.3 is 10.0 Å². The summed E-state index contributed by atoms with van der Waals surface area (Å²) in [6, 6.07) is 7.23. The van der Waals surface area contributed by atoms with Crippen molar-refractivity contribution in [3.63, 3.8) is 0 Å². The average molecular weight is 342 g/mol. The summed E-state index contributed by atoms with van der Waals surface area (Å²) in [6.45, 7) is 2.68. The van der Waals surface area contributed by atoms with Crippen LogP contribution in [0.3, 0.4) is 0 Å². The Bertz CT molecular complexity index is 607. The van der Waals surface area contributed by atoms with E-state index in [1.54, 1.807) is 9.80 Å². The van der Waals surface area contributed by atoms with Gasteiger partial charge in [0.05, 0.1) is 6.04 Å². The van der Waals surface area contributed by atoms with E-state index in [4.69, 9.17) is 0 Å². The Hall–Kier alpha value is -1.60. The highest BCUT2D eigenvalue weighted by molar-refractivity contribution is 5.99. The lowest BCUT2D eigenvalue weighted by molar-refractivity contribution is -0.273. The zero-order chi connectivity index (χ0) is 17.5. The van der Waals surface area contributed by atoms with E-state index in [1.807, 2.05) is 31.2 Å². The van der Waals surface area contributed by atoms with Crippen molar-refractivity contribution in [3.05, 3.63) is 29.8 Å². The number of piperidine rings is 1. The molecule has 2 fully saturated rings. The van der Waals surface area contributed by atoms with Gasteiger partial charge in [0.1, 0.15) is 0 Å². The summed E-state index contributed by atoms with van der Waals surface area (Å²) in [5.41, 5.74) is -0.705. The molecule has 2 aliphatic rings. The lowest BCUT2D eigenvalue weighted by Gasteiger charge is -2.40. The van der Waals surface area contributed by atoms with Crippen LogP contribution in [0.1, 0.15) is 24.8 Å². The maximum atomic E-state index is 12.9. The van der Waals surface area contributed by atoms with Gasteiger partial charge in [-0.2, -0.15) is 13.2 Å². The molecule has 1 unspecified atom stereocenters. The highest BCUT2D eigenvalue weighted by Gasteiger charge is 2.55. The minimum Gasteiger partial charge on any atom is -0.380 e. The third-order valence-electron chi connectivity index (χ3n) is 5.12. The monoisotopic (exact) mass is 342 g/mol. The third-order valence-corrected chi connectivity index (χ3v) is 5.12. The van der Waals surface area contributed by atoms with Crippen LogP contribution in [0.2, 0.25) is 0 Å². The van der Waals surface area contributed by atoms with Gasteiger partial charge in [0.2, 0.25) is 5.91 Å². The summed E-state index contributed by atoms with van der Waals surface area (Å²) in [5.74, 6) is -0.0729. The lowest BCUT2D eigenvalue weighted by Crippen LogP contribution is -2.56. The summed E-state index contributed by atoms with van der Waals surface area (Å²) >= 11 is 0. The Balaban J connectivity index is 1.66. The SMILES string of the molecule is Cc1ccc(N2CCC(N3CCC(O)(C(F)(F)F)CC3)C2=O)cc1. The van der Waals surface area contributed by atoms with Crippen LogP contribution in [0.25, 0.3) is 0 Å². The number of likely N-dealkylation sites (tertiary alicyclic amines) is 1. The molecule has 24 heavy (non-hydrogen) atoms. The van der Waals surface area contributed by atoms with E-state index in [1.165, 1.54) is 0 Å². The minimum atomic E-state index is -4.62. The zero-order valence-electron chi connectivity index (χ0n) is 13.5. The fraction of sp³-hybridized carbons (Fsp3) is 0.588. The number of benzene rings is 1. The number of alkyl halides is 3. The van der Waals surface area contributed by atoms with Gasteiger partial charge in [0.25, 0.3) is 0 Å². The van der Waals surface area contributed by atoms with Gasteiger partial charge in [-0.05, 0) is 38.3 Å².